The lowest BCUT2D eigenvalue weighted by molar-refractivity contribution is 0.165. The van der Waals surface area contributed by atoms with E-state index < -0.39 is 0 Å². The molecule has 130 valence electrons. The molecular formula is C18H31N3O2. The maximum Gasteiger partial charge on any atom is 0.118 e. The second kappa shape index (κ2) is 7.79. The van der Waals surface area contributed by atoms with Crippen molar-refractivity contribution in [3.8, 4) is 0 Å². The Hall–Kier alpha value is -0.880. The normalized spacial score (nSPS) is 28.3. The van der Waals surface area contributed by atoms with Gasteiger partial charge in [0.1, 0.15) is 11.5 Å². The molecule has 2 saturated heterocycles. The first kappa shape index (κ1) is 17.0. The molecule has 0 bridgehead atoms. The second-order valence-electron chi connectivity index (χ2n) is 7.37. The summed E-state index contributed by atoms with van der Waals surface area (Å²) in [5, 5.41) is 9.77. The highest BCUT2D eigenvalue weighted by atomic mass is 16.3. The summed E-state index contributed by atoms with van der Waals surface area (Å²) in [7, 11) is 2.21. The molecule has 1 aromatic rings. The van der Waals surface area contributed by atoms with E-state index in [4.69, 9.17) is 4.42 Å². The number of aliphatic hydroxyl groups excluding tert-OH is 1. The number of likely N-dealkylation sites (tertiary alicyclic amines) is 1. The third kappa shape index (κ3) is 4.57. The smallest absolute Gasteiger partial charge is 0.118 e. The van der Waals surface area contributed by atoms with Crippen molar-refractivity contribution in [2.24, 2.45) is 11.8 Å². The van der Waals surface area contributed by atoms with Gasteiger partial charge in [0.25, 0.3) is 0 Å². The van der Waals surface area contributed by atoms with Crippen molar-refractivity contribution in [1.29, 1.82) is 0 Å². The summed E-state index contributed by atoms with van der Waals surface area (Å²) in [5.41, 5.74) is 0. The van der Waals surface area contributed by atoms with Crippen LogP contribution in [0, 0.1) is 18.8 Å². The Morgan fingerprint density at radius 1 is 1.09 bits per heavy atom. The summed E-state index contributed by atoms with van der Waals surface area (Å²) in [5.74, 6) is 2.98. The van der Waals surface area contributed by atoms with Crippen LogP contribution in [-0.2, 0) is 6.54 Å². The quantitative estimate of drug-likeness (QED) is 0.885. The highest BCUT2D eigenvalue weighted by molar-refractivity contribution is 5.06. The van der Waals surface area contributed by atoms with Gasteiger partial charge in [0.15, 0.2) is 0 Å². The van der Waals surface area contributed by atoms with Crippen LogP contribution in [0.25, 0.3) is 0 Å². The Labute approximate surface area is 139 Å². The minimum absolute atomic E-state index is 0.298. The molecule has 0 aromatic carbocycles. The van der Waals surface area contributed by atoms with Crippen LogP contribution < -0.4 is 0 Å². The van der Waals surface area contributed by atoms with Gasteiger partial charge in [0.05, 0.1) is 6.54 Å². The Bertz CT molecular complexity index is 490. The Morgan fingerprint density at radius 3 is 2.65 bits per heavy atom. The van der Waals surface area contributed by atoms with Gasteiger partial charge in [-0.25, -0.2) is 0 Å². The van der Waals surface area contributed by atoms with Crippen LogP contribution >= 0.6 is 0 Å². The molecule has 0 amide bonds. The lowest BCUT2D eigenvalue weighted by Gasteiger charge is -2.26. The van der Waals surface area contributed by atoms with Crippen molar-refractivity contribution >= 4 is 0 Å². The lowest BCUT2D eigenvalue weighted by Crippen LogP contribution is -2.36. The number of rotatable bonds is 5. The molecule has 2 fully saturated rings. The highest BCUT2D eigenvalue weighted by Gasteiger charge is 2.33. The first-order chi connectivity index (χ1) is 11.1. The monoisotopic (exact) mass is 321 g/mol. The Balaban J connectivity index is 1.54. The zero-order valence-electron chi connectivity index (χ0n) is 14.6. The van der Waals surface area contributed by atoms with Crippen LogP contribution in [0.15, 0.2) is 16.5 Å². The van der Waals surface area contributed by atoms with Gasteiger partial charge < -0.3 is 19.3 Å². The molecule has 0 unspecified atom stereocenters. The Morgan fingerprint density at radius 2 is 1.91 bits per heavy atom. The third-order valence-electron chi connectivity index (χ3n) is 5.37. The van der Waals surface area contributed by atoms with E-state index in [1.807, 2.05) is 13.0 Å². The second-order valence-corrected chi connectivity index (χ2v) is 7.37. The molecule has 3 heterocycles. The molecule has 2 aliphatic heterocycles. The SMILES string of the molecule is Cc1ccc(CN2C[C@@H](CN3CCCN(C)CC3)[C@@H](CO)C2)o1. The van der Waals surface area contributed by atoms with Crippen LogP contribution in [-0.4, -0.2) is 79.3 Å². The number of nitrogens with zero attached hydrogens (tertiary/aromatic N) is 3. The molecule has 3 rings (SSSR count). The zero-order chi connectivity index (χ0) is 16.2. The molecule has 2 aliphatic rings. The molecule has 0 aliphatic carbocycles. The van der Waals surface area contributed by atoms with Gasteiger partial charge in [-0.05, 0) is 57.5 Å². The first-order valence-corrected chi connectivity index (χ1v) is 8.93. The van der Waals surface area contributed by atoms with E-state index in [0.29, 0.717) is 18.4 Å². The summed E-state index contributed by atoms with van der Waals surface area (Å²) in [6.07, 6.45) is 1.25. The summed E-state index contributed by atoms with van der Waals surface area (Å²) in [6, 6.07) is 4.10. The van der Waals surface area contributed by atoms with Crippen LogP contribution in [0.5, 0.6) is 0 Å². The molecule has 0 spiro atoms. The van der Waals surface area contributed by atoms with E-state index in [1.165, 1.54) is 19.5 Å². The van der Waals surface area contributed by atoms with Crippen molar-refractivity contribution in [1.82, 2.24) is 14.7 Å². The maximum atomic E-state index is 9.77. The van der Waals surface area contributed by atoms with Gasteiger partial charge in [-0.3, -0.25) is 4.90 Å². The topological polar surface area (TPSA) is 43.1 Å². The van der Waals surface area contributed by atoms with Crippen molar-refractivity contribution in [3.63, 3.8) is 0 Å². The van der Waals surface area contributed by atoms with Gasteiger partial charge in [-0.15, -0.1) is 0 Å². The number of likely N-dealkylation sites (N-methyl/N-ethyl adjacent to an activating group) is 1. The molecule has 0 saturated carbocycles. The molecule has 1 aromatic heterocycles. The average molecular weight is 321 g/mol. The van der Waals surface area contributed by atoms with E-state index in [0.717, 1.165) is 50.8 Å². The van der Waals surface area contributed by atoms with Crippen molar-refractivity contribution < 1.29 is 9.52 Å². The van der Waals surface area contributed by atoms with E-state index in [-0.39, 0.29) is 0 Å². The van der Waals surface area contributed by atoms with Crippen molar-refractivity contribution in [2.45, 2.75) is 19.9 Å². The van der Waals surface area contributed by atoms with Crippen LogP contribution in [0.3, 0.4) is 0 Å². The van der Waals surface area contributed by atoms with E-state index in [1.54, 1.807) is 0 Å². The number of hydrogen-bond donors (Lipinski definition) is 1. The fraction of sp³-hybridized carbons (Fsp3) is 0.778. The molecule has 1 N–H and O–H groups in total. The number of furan rings is 1. The fourth-order valence-corrected chi connectivity index (χ4v) is 3.98. The maximum absolute atomic E-state index is 9.77. The number of aryl methyl sites for hydroxylation is 1. The molecular weight excluding hydrogens is 290 g/mol. The number of hydrogen-bond acceptors (Lipinski definition) is 5. The predicted octanol–water partition coefficient (Wildman–Crippen LogP) is 1.27. The minimum Gasteiger partial charge on any atom is -0.465 e. The van der Waals surface area contributed by atoms with Gasteiger partial charge in [0, 0.05) is 39.3 Å². The average Bonchev–Trinajstić information content (AvgIpc) is 3.04. The van der Waals surface area contributed by atoms with E-state index in [9.17, 15) is 5.11 Å². The minimum atomic E-state index is 0.298. The van der Waals surface area contributed by atoms with Gasteiger partial charge >= 0.3 is 0 Å². The first-order valence-electron chi connectivity index (χ1n) is 8.93. The lowest BCUT2D eigenvalue weighted by atomic mass is 9.96. The summed E-state index contributed by atoms with van der Waals surface area (Å²) in [4.78, 5) is 7.45. The molecule has 0 radical (unpaired) electrons. The van der Waals surface area contributed by atoms with Crippen molar-refractivity contribution in [2.75, 3.05) is 59.5 Å². The molecule has 5 nitrogen and oxygen atoms in total. The number of aliphatic hydroxyl groups is 1. The molecule has 23 heavy (non-hydrogen) atoms. The fourth-order valence-electron chi connectivity index (χ4n) is 3.98. The van der Waals surface area contributed by atoms with Crippen LogP contribution in [0.1, 0.15) is 17.9 Å². The highest BCUT2D eigenvalue weighted by Crippen LogP contribution is 2.26. The Kier molecular flexibility index (Phi) is 5.75. The largest absolute Gasteiger partial charge is 0.465 e. The molecule has 5 heteroatoms. The zero-order valence-corrected chi connectivity index (χ0v) is 14.6. The van der Waals surface area contributed by atoms with Crippen LogP contribution in [0.2, 0.25) is 0 Å². The van der Waals surface area contributed by atoms with Gasteiger partial charge in [0.2, 0.25) is 0 Å². The third-order valence-corrected chi connectivity index (χ3v) is 5.37. The summed E-state index contributed by atoms with van der Waals surface area (Å²) < 4.78 is 5.71. The van der Waals surface area contributed by atoms with E-state index in [2.05, 4.69) is 27.8 Å². The standard InChI is InChI=1S/C18H31N3O2/c1-15-4-5-18(23-15)13-21-11-16(17(12-21)14-22)10-20-7-3-6-19(2)8-9-20/h4-5,16-17,22H,3,6-14H2,1-2H3/t16-,17-/m1/s1. The summed E-state index contributed by atoms with van der Waals surface area (Å²) >= 11 is 0. The van der Waals surface area contributed by atoms with Gasteiger partial charge in [-0.2, -0.15) is 0 Å². The van der Waals surface area contributed by atoms with Crippen molar-refractivity contribution in [3.05, 3.63) is 23.7 Å². The molecule has 2 atom stereocenters. The summed E-state index contributed by atoms with van der Waals surface area (Å²) in [6.45, 7) is 11.0. The van der Waals surface area contributed by atoms with Crippen LogP contribution in [0.4, 0.5) is 0 Å². The van der Waals surface area contributed by atoms with Gasteiger partial charge in [-0.1, -0.05) is 0 Å². The predicted molar refractivity (Wildman–Crippen MR) is 91.3 cm³/mol. The van der Waals surface area contributed by atoms with E-state index >= 15 is 0 Å².